The van der Waals surface area contributed by atoms with Crippen LogP contribution in [0.3, 0.4) is 0 Å². The number of fused-ring (bicyclic) bond motifs is 1. The number of alkyl halides is 3. The van der Waals surface area contributed by atoms with Crippen LogP contribution in [-0.4, -0.2) is 30.2 Å². The van der Waals surface area contributed by atoms with Crippen LogP contribution in [0.25, 0.3) is 0 Å². The minimum atomic E-state index is -4.52. The third-order valence-corrected chi connectivity index (χ3v) is 6.66. The van der Waals surface area contributed by atoms with Crippen LogP contribution in [0.15, 0.2) is 29.2 Å². The molecular weight excluding hydrogens is 391 g/mol. The first kappa shape index (κ1) is 18.8. The normalized spacial score (nSPS) is 15.5. The number of anilines is 1. The lowest BCUT2D eigenvalue weighted by atomic mass is 10.2. The monoisotopic (exact) mass is 405 g/mol. The van der Waals surface area contributed by atoms with Crippen molar-refractivity contribution >= 4 is 32.4 Å². The second-order valence-corrected chi connectivity index (χ2v) is 8.70. The quantitative estimate of drug-likeness (QED) is 0.852. The summed E-state index contributed by atoms with van der Waals surface area (Å²) in [5.74, 6) is -0.273. The number of sulfonamides is 1. The van der Waals surface area contributed by atoms with Gasteiger partial charge in [0.15, 0.2) is 5.13 Å². The molecule has 3 rings (SSSR count). The molecule has 0 aliphatic carbocycles. The van der Waals surface area contributed by atoms with Gasteiger partial charge in [-0.2, -0.15) is 17.5 Å². The zero-order valence-corrected chi connectivity index (χ0v) is 15.1. The maximum Gasteiger partial charge on any atom is 0.416 e. The van der Waals surface area contributed by atoms with Crippen molar-refractivity contribution in [2.45, 2.75) is 31.0 Å². The predicted molar refractivity (Wildman–Crippen MR) is 89.2 cm³/mol. The fourth-order valence-corrected chi connectivity index (χ4v) is 5.11. The van der Waals surface area contributed by atoms with Crippen molar-refractivity contribution in [2.75, 3.05) is 11.9 Å². The van der Waals surface area contributed by atoms with Crippen molar-refractivity contribution in [1.29, 1.82) is 0 Å². The Morgan fingerprint density at radius 1 is 1.27 bits per heavy atom. The smallest absolute Gasteiger partial charge is 0.302 e. The molecule has 140 valence electrons. The number of benzene rings is 1. The standard InChI is InChI=1S/C15H14F3N3O3S2/c1-9(22)19-14-20-12-6-7-21(8-13(12)25-14)26(23,24)11-4-2-10(3-5-11)15(16,17)18/h2-5H,6-8H2,1H3,(H,19,20,22). The van der Waals surface area contributed by atoms with Gasteiger partial charge in [0.05, 0.1) is 22.7 Å². The van der Waals surface area contributed by atoms with Crippen LogP contribution < -0.4 is 5.32 Å². The molecule has 1 aliphatic heterocycles. The van der Waals surface area contributed by atoms with Crippen molar-refractivity contribution in [1.82, 2.24) is 9.29 Å². The second-order valence-electron chi connectivity index (χ2n) is 5.68. The van der Waals surface area contributed by atoms with E-state index >= 15 is 0 Å². The number of carbonyl (C=O) groups is 1. The van der Waals surface area contributed by atoms with Crippen molar-refractivity contribution in [3.63, 3.8) is 0 Å². The Labute approximate surface area is 151 Å². The highest BCUT2D eigenvalue weighted by molar-refractivity contribution is 7.89. The van der Waals surface area contributed by atoms with E-state index in [1.165, 1.54) is 22.6 Å². The zero-order valence-electron chi connectivity index (χ0n) is 13.5. The first-order valence-electron chi connectivity index (χ1n) is 7.51. The number of aromatic nitrogens is 1. The van der Waals surface area contributed by atoms with Crippen molar-refractivity contribution in [3.05, 3.63) is 40.4 Å². The average molecular weight is 405 g/mol. The lowest BCUT2D eigenvalue weighted by molar-refractivity contribution is -0.137. The van der Waals surface area contributed by atoms with E-state index in [0.717, 1.165) is 30.0 Å². The van der Waals surface area contributed by atoms with Crippen LogP contribution in [0.1, 0.15) is 23.1 Å². The second kappa shape index (κ2) is 6.63. The first-order chi connectivity index (χ1) is 12.1. The van der Waals surface area contributed by atoms with Crippen LogP contribution in [0, 0.1) is 0 Å². The van der Waals surface area contributed by atoms with Gasteiger partial charge in [0.1, 0.15) is 0 Å². The minimum absolute atomic E-state index is 0.0654. The van der Waals surface area contributed by atoms with Gasteiger partial charge in [0, 0.05) is 24.8 Å². The number of thiazole rings is 1. The van der Waals surface area contributed by atoms with E-state index < -0.39 is 21.8 Å². The molecule has 0 saturated carbocycles. The van der Waals surface area contributed by atoms with Gasteiger partial charge >= 0.3 is 6.18 Å². The Hall–Kier alpha value is -1.98. The van der Waals surface area contributed by atoms with E-state index in [2.05, 4.69) is 10.3 Å². The SMILES string of the molecule is CC(=O)Nc1nc2c(s1)CN(S(=O)(=O)c1ccc(C(F)(F)F)cc1)CC2. The fraction of sp³-hybridized carbons (Fsp3) is 0.333. The number of amides is 1. The molecule has 1 aliphatic rings. The number of nitrogens with one attached hydrogen (secondary N) is 1. The summed E-state index contributed by atoms with van der Waals surface area (Å²) in [5.41, 5.74) is -0.183. The van der Waals surface area contributed by atoms with Crippen molar-refractivity contribution in [2.24, 2.45) is 0 Å². The highest BCUT2D eigenvalue weighted by Gasteiger charge is 2.33. The lowest BCUT2D eigenvalue weighted by Crippen LogP contribution is -2.35. The zero-order chi connectivity index (χ0) is 19.1. The van der Waals surface area contributed by atoms with E-state index in [9.17, 15) is 26.4 Å². The topological polar surface area (TPSA) is 79.4 Å². The first-order valence-corrected chi connectivity index (χ1v) is 9.76. The summed E-state index contributed by atoms with van der Waals surface area (Å²) in [5, 5.41) is 2.96. The minimum Gasteiger partial charge on any atom is -0.302 e. The van der Waals surface area contributed by atoms with Gasteiger partial charge in [-0.25, -0.2) is 13.4 Å². The number of rotatable bonds is 3. The Morgan fingerprint density at radius 2 is 1.92 bits per heavy atom. The predicted octanol–water partition coefficient (Wildman–Crippen LogP) is 2.87. The van der Waals surface area contributed by atoms with Gasteiger partial charge in [0.2, 0.25) is 15.9 Å². The molecule has 2 heterocycles. The van der Waals surface area contributed by atoms with Gasteiger partial charge in [-0.1, -0.05) is 0 Å². The molecule has 1 amide bonds. The van der Waals surface area contributed by atoms with E-state index in [1.54, 1.807) is 0 Å². The number of carbonyl (C=O) groups excluding carboxylic acids is 1. The molecule has 0 fully saturated rings. The number of hydrogen-bond donors (Lipinski definition) is 1. The van der Waals surface area contributed by atoms with Gasteiger partial charge < -0.3 is 5.32 Å². The third kappa shape index (κ3) is 3.74. The largest absolute Gasteiger partial charge is 0.416 e. The molecule has 11 heteroatoms. The molecule has 0 radical (unpaired) electrons. The maximum atomic E-state index is 12.7. The summed E-state index contributed by atoms with van der Waals surface area (Å²) in [7, 11) is -3.92. The number of hydrogen-bond acceptors (Lipinski definition) is 5. The molecule has 1 aromatic heterocycles. The Bertz CT molecular complexity index is 937. The number of halogens is 3. The van der Waals surface area contributed by atoms with E-state index in [-0.39, 0.29) is 23.9 Å². The van der Waals surface area contributed by atoms with Gasteiger partial charge in [0.25, 0.3) is 0 Å². The molecule has 0 unspecified atom stereocenters. The summed E-state index contributed by atoms with van der Waals surface area (Å²) in [6.07, 6.45) is -4.16. The van der Waals surface area contributed by atoms with Gasteiger partial charge in [-0.05, 0) is 24.3 Å². The lowest BCUT2D eigenvalue weighted by Gasteiger charge is -2.25. The Morgan fingerprint density at radius 3 is 2.50 bits per heavy atom. The van der Waals surface area contributed by atoms with E-state index in [4.69, 9.17) is 0 Å². The van der Waals surface area contributed by atoms with E-state index in [1.807, 2.05) is 0 Å². The summed E-state index contributed by atoms with van der Waals surface area (Å²) in [6, 6.07) is 3.43. The fourth-order valence-electron chi connectivity index (χ4n) is 2.55. The van der Waals surface area contributed by atoms with Crippen LogP contribution >= 0.6 is 11.3 Å². The summed E-state index contributed by atoms with van der Waals surface area (Å²) in [6.45, 7) is 1.58. The molecule has 26 heavy (non-hydrogen) atoms. The molecule has 1 aromatic carbocycles. The molecule has 0 atom stereocenters. The molecule has 1 N–H and O–H groups in total. The maximum absolute atomic E-state index is 12.7. The Balaban J connectivity index is 1.82. The van der Waals surface area contributed by atoms with Gasteiger partial charge in [-0.3, -0.25) is 4.79 Å². The Kier molecular flexibility index (Phi) is 4.80. The molecule has 6 nitrogen and oxygen atoms in total. The highest BCUT2D eigenvalue weighted by Crippen LogP contribution is 2.33. The molecular formula is C15H14F3N3O3S2. The average Bonchev–Trinajstić information content (AvgIpc) is 2.94. The molecule has 0 saturated heterocycles. The third-order valence-electron chi connectivity index (χ3n) is 3.80. The summed E-state index contributed by atoms with van der Waals surface area (Å²) in [4.78, 5) is 15.9. The summed E-state index contributed by atoms with van der Waals surface area (Å²) >= 11 is 1.19. The van der Waals surface area contributed by atoms with Crippen LogP contribution in [0.4, 0.5) is 18.3 Å². The van der Waals surface area contributed by atoms with Gasteiger partial charge in [-0.15, -0.1) is 11.3 Å². The summed E-state index contributed by atoms with van der Waals surface area (Å²) < 4.78 is 64.5. The molecule has 0 bridgehead atoms. The van der Waals surface area contributed by atoms with Crippen LogP contribution in [0.5, 0.6) is 0 Å². The van der Waals surface area contributed by atoms with Crippen LogP contribution in [-0.2, 0) is 34.0 Å². The molecule has 0 spiro atoms. The van der Waals surface area contributed by atoms with E-state index in [0.29, 0.717) is 16.4 Å². The molecule has 2 aromatic rings. The number of nitrogens with zero attached hydrogens (tertiary/aromatic N) is 2. The van der Waals surface area contributed by atoms with Crippen molar-refractivity contribution in [3.8, 4) is 0 Å². The highest BCUT2D eigenvalue weighted by atomic mass is 32.2. The van der Waals surface area contributed by atoms with Crippen LogP contribution in [0.2, 0.25) is 0 Å². The van der Waals surface area contributed by atoms with Crippen molar-refractivity contribution < 1.29 is 26.4 Å².